The van der Waals surface area contributed by atoms with E-state index in [2.05, 4.69) is 19.1 Å². The summed E-state index contributed by atoms with van der Waals surface area (Å²) in [5.41, 5.74) is 1.25. The zero-order valence-electron chi connectivity index (χ0n) is 11.9. The van der Waals surface area contributed by atoms with E-state index in [9.17, 15) is 4.79 Å². The molecule has 1 aromatic carbocycles. The maximum absolute atomic E-state index is 12.0. The van der Waals surface area contributed by atoms with Crippen molar-refractivity contribution in [2.24, 2.45) is 0 Å². The molecule has 1 atom stereocenters. The van der Waals surface area contributed by atoms with Gasteiger partial charge >= 0.3 is 0 Å². The van der Waals surface area contributed by atoms with Crippen LogP contribution in [-0.2, 0) is 4.79 Å². The Balaban J connectivity index is 1.63. The van der Waals surface area contributed by atoms with Crippen LogP contribution in [0, 0.1) is 0 Å². The highest BCUT2D eigenvalue weighted by Crippen LogP contribution is 2.37. The molecular weight excluding hydrogens is 254 g/mol. The van der Waals surface area contributed by atoms with Crippen molar-refractivity contribution >= 4 is 5.91 Å². The summed E-state index contributed by atoms with van der Waals surface area (Å²) in [6.07, 6.45) is 3.79. The molecule has 0 saturated carbocycles. The number of benzene rings is 1. The van der Waals surface area contributed by atoms with Gasteiger partial charge < -0.3 is 14.4 Å². The number of hydrogen-bond acceptors (Lipinski definition) is 3. The molecule has 2 heterocycles. The molecule has 1 unspecified atom stereocenters. The van der Waals surface area contributed by atoms with Crippen molar-refractivity contribution in [2.75, 3.05) is 19.9 Å². The Hall–Kier alpha value is -1.71. The molecule has 0 aliphatic carbocycles. The van der Waals surface area contributed by atoms with Crippen LogP contribution in [0.2, 0.25) is 0 Å². The molecule has 0 bridgehead atoms. The summed E-state index contributed by atoms with van der Waals surface area (Å²) in [6, 6.07) is 6.13. The topological polar surface area (TPSA) is 38.8 Å². The second kappa shape index (κ2) is 5.73. The van der Waals surface area contributed by atoms with E-state index >= 15 is 0 Å². The molecule has 1 aromatic rings. The van der Waals surface area contributed by atoms with E-state index in [0.717, 1.165) is 43.9 Å². The Morgan fingerprint density at radius 2 is 2.20 bits per heavy atom. The smallest absolute Gasteiger partial charge is 0.231 e. The van der Waals surface area contributed by atoms with E-state index in [1.807, 2.05) is 11.0 Å². The molecule has 1 saturated heterocycles. The minimum Gasteiger partial charge on any atom is -0.454 e. The number of hydrogen-bond donors (Lipinski definition) is 0. The molecule has 0 radical (unpaired) electrons. The fourth-order valence-electron chi connectivity index (χ4n) is 2.91. The van der Waals surface area contributed by atoms with Gasteiger partial charge in [-0.25, -0.2) is 0 Å². The van der Waals surface area contributed by atoms with Gasteiger partial charge in [0, 0.05) is 25.4 Å². The van der Waals surface area contributed by atoms with E-state index in [1.54, 1.807) is 0 Å². The zero-order chi connectivity index (χ0) is 13.9. The van der Waals surface area contributed by atoms with E-state index in [1.165, 1.54) is 5.56 Å². The van der Waals surface area contributed by atoms with Crippen LogP contribution in [0.3, 0.4) is 0 Å². The second-order valence-electron chi connectivity index (χ2n) is 5.54. The highest BCUT2D eigenvalue weighted by molar-refractivity contribution is 5.76. The number of nitrogens with zero attached hydrogens (tertiary/aromatic N) is 1. The van der Waals surface area contributed by atoms with E-state index < -0.39 is 0 Å². The van der Waals surface area contributed by atoms with Crippen molar-refractivity contribution < 1.29 is 14.3 Å². The Labute approximate surface area is 119 Å². The second-order valence-corrected chi connectivity index (χ2v) is 5.54. The van der Waals surface area contributed by atoms with Gasteiger partial charge in [0.25, 0.3) is 0 Å². The first kappa shape index (κ1) is 13.3. The minimum absolute atomic E-state index is 0.301. The SMILES string of the molecule is CCCCC(=O)N1CCC(c2ccc3c(c2)OCO3)C1. The molecule has 108 valence electrons. The molecule has 4 heteroatoms. The summed E-state index contributed by atoms with van der Waals surface area (Å²) in [7, 11) is 0. The van der Waals surface area contributed by atoms with Gasteiger partial charge in [-0.2, -0.15) is 0 Å². The summed E-state index contributed by atoms with van der Waals surface area (Å²) in [5.74, 6) is 2.38. The normalized spacial score (nSPS) is 20.4. The molecule has 20 heavy (non-hydrogen) atoms. The van der Waals surface area contributed by atoms with Crippen molar-refractivity contribution in [3.05, 3.63) is 23.8 Å². The Bertz CT molecular complexity index is 500. The lowest BCUT2D eigenvalue weighted by Crippen LogP contribution is -2.28. The summed E-state index contributed by atoms with van der Waals surface area (Å²) in [4.78, 5) is 14.1. The van der Waals surface area contributed by atoms with Crippen molar-refractivity contribution in [1.29, 1.82) is 0 Å². The molecule has 4 nitrogen and oxygen atoms in total. The van der Waals surface area contributed by atoms with E-state index in [0.29, 0.717) is 25.0 Å². The Morgan fingerprint density at radius 3 is 3.05 bits per heavy atom. The number of ether oxygens (including phenoxy) is 2. The van der Waals surface area contributed by atoms with Crippen LogP contribution in [0.5, 0.6) is 11.5 Å². The summed E-state index contributed by atoms with van der Waals surface area (Å²) >= 11 is 0. The number of unbranched alkanes of at least 4 members (excludes halogenated alkanes) is 1. The fourth-order valence-corrected chi connectivity index (χ4v) is 2.91. The van der Waals surface area contributed by atoms with Gasteiger partial charge in [-0.1, -0.05) is 19.4 Å². The maximum Gasteiger partial charge on any atom is 0.231 e. The molecule has 2 aliphatic heterocycles. The van der Waals surface area contributed by atoms with Crippen LogP contribution in [0.4, 0.5) is 0 Å². The lowest BCUT2D eigenvalue weighted by Gasteiger charge is -2.16. The van der Waals surface area contributed by atoms with E-state index in [-0.39, 0.29) is 0 Å². The van der Waals surface area contributed by atoms with Crippen molar-refractivity contribution in [1.82, 2.24) is 4.90 Å². The molecule has 3 rings (SSSR count). The van der Waals surface area contributed by atoms with Crippen LogP contribution in [0.15, 0.2) is 18.2 Å². The first-order chi connectivity index (χ1) is 9.78. The third-order valence-electron chi connectivity index (χ3n) is 4.15. The molecule has 0 aromatic heterocycles. The van der Waals surface area contributed by atoms with Gasteiger partial charge in [0.05, 0.1) is 0 Å². The van der Waals surface area contributed by atoms with Gasteiger partial charge in [-0.3, -0.25) is 4.79 Å². The maximum atomic E-state index is 12.0. The predicted molar refractivity (Wildman–Crippen MR) is 76.0 cm³/mol. The van der Waals surface area contributed by atoms with Gasteiger partial charge in [0.1, 0.15) is 0 Å². The number of amides is 1. The third kappa shape index (κ3) is 2.60. The van der Waals surface area contributed by atoms with Gasteiger partial charge in [-0.15, -0.1) is 0 Å². The molecule has 2 aliphatic rings. The molecule has 0 spiro atoms. The summed E-state index contributed by atoms with van der Waals surface area (Å²) in [5, 5.41) is 0. The van der Waals surface area contributed by atoms with Gasteiger partial charge in [0.2, 0.25) is 12.7 Å². The first-order valence-electron chi connectivity index (χ1n) is 7.45. The lowest BCUT2D eigenvalue weighted by molar-refractivity contribution is -0.130. The van der Waals surface area contributed by atoms with Crippen molar-refractivity contribution in [2.45, 2.75) is 38.5 Å². The van der Waals surface area contributed by atoms with Crippen molar-refractivity contribution in [3.63, 3.8) is 0 Å². The number of likely N-dealkylation sites (tertiary alicyclic amines) is 1. The molecule has 1 amide bonds. The molecule has 0 N–H and O–H groups in total. The zero-order valence-corrected chi connectivity index (χ0v) is 11.9. The largest absolute Gasteiger partial charge is 0.454 e. The van der Waals surface area contributed by atoms with Crippen molar-refractivity contribution in [3.8, 4) is 11.5 Å². The average Bonchev–Trinajstić information content (AvgIpc) is 3.12. The monoisotopic (exact) mass is 275 g/mol. The van der Waals surface area contributed by atoms with Crippen LogP contribution in [-0.4, -0.2) is 30.7 Å². The summed E-state index contributed by atoms with van der Waals surface area (Å²) in [6.45, 7) is 4.14. The van der Waals surface area contributed by atoms with Crippen LogP contribution < -0.4 is 9.47 Å². The quantitative estimate of drug-likeness (QED) is 0.848. The average molecular weight is 275 g/mol. The molecule has 1 fully saturated rings. The van der Waals surface area contributed by atoms with Crippen LogP contribution >= 0.6 is 0 Å². The third-order valence-corrected chi connectivity index (χ3v) is 4.15. The number of rotatable bonds is 4. The Kier molecular flexibility index (Phi) is 3.81. The highest BCUT2D eigenvalue weighted by atomic mass is 16.7. The van der Waals surface area contributed by atoms with Crippen LogP contribution in [0.1, 0.15) is 44.1 Å². The standard InChI is InChI=1S/C16H21NO3/c1-2-3-4-16(18)17-8-7-13(10-17)12-5-6-14-15(9-12)20-11-19-14/h5-6,9,13H,2-4,7-8,10-11H2,1H3. The Morgan fingerprint density at radius 1 is 1.35 bits per heavy atom. The highest BCUT2D eigenvalue weighted by Gasteiger charge is 2.28. The number of carbonyl (C=O) groups excluding carboxylic acids is 1. The molecular formula is C16H21NO3. The number of carbonyl (C=O) groups is 1. The van der Waals surface area contributed by atoms with Crippen LogP contribution in [0.25, 0.3) is 0 Å². The lowest BCUT2D eigenvalue weighted by atomic mass is 9.98. The van der Waals surface area contributed by atoms with Gasteiger partial charge in [0.15, 0.2) is 11.5 Å². The van der Waals surface area contributed by atoms with E-state index in [4.69, 9.17) is 9.47 Å². The fraction of sp³-hybridized carbons (Fsp3) is 0.562. The van der Waals surface area contributed by atoms with Gasteiger partial charge in [-0.05, 0) is 30.5 Å². The first-order valence-corrected chi connectivity index (χ1v) is 7.45. The predicted octanol–water partition coefficient (Wildman–Crippen LogP) is 2.92. The summed E-state index contributed by atoms with van der Waals surface area (Å²) < 4.78 is 10.8. The minimum atomic E-state index is 0.301. The number of fused-ring (bicyclic) bond motifs is 1.